The third-order valence-electron chi connectivity index (χ3n) is 3.62. The molecule has 110 valence electrons. The lowest BCUT2D eigenvalue weighted by atomic mass is 10.0. The van der Waals surface area contributed by atoms with E-state index in [1.165, 1.54) is 21.9 Å². The fourth-order valence-corrected chi connectivity index (χ4v) is 3.59. The zero-order chi connectivity index (χ0) is 15.4. The van der Waals surface area contributed by atoms with E-state index in [0.717, 1.165) is 21.7 Å². The molecule has 0 bridgehead atoms. The molecule has 22 heavy (non-hydrogen) atoms. The van der Waals surface area contributed by atoms with Gasteiger partial charge in [-0.1, -0.05) is 53.7 Å². The van der Waals surface area contributed by atoms with Crippen LogP contribution in [0.3, 0.4) is 0 Å². The Kier molecular flexibility index (Phi) is 4.61. The van der Waals surface area contributed by atoms with E-state index >= 15 is 0 Å². The van der Waals surface area contributed by atoms with Crippen molar-refractivity contribution in [3.63, 3.8) is 0 Å². The lowest BCUT2D eigenvalue weighted by Crippen LogP contribution is -2.08. The van der Waals surface area contributed by atoms with Crippen molar-refractivity contribution in [2.24, 2.45) is 0 Å². The molecule has 0 spiro atoms. The number of halogens is 1. The van der Waals surface area contributed by atoms with Crippen LogP contribution in [0.2, 0.25) is 0 Å². The summed E-state index contributed by atoms with van der Waals surface area (Å²) in [6.07, 6.45) is 0. The summed E-state index contributed by atoms with van der Waals surface area (Å²) in [4.78, 5) is 0. The van der Waals surface area contributed by atoms with Crippen molar-refractivity contribution < 1.29 is 4.74 Å². The first-order valence-corrected chi connectivity index (χ1v) is 8.79. The van der Waals surface area contributed by atoms with Gasteiger partial charge >= 0.3 is 0 Å². The molecule has 0 heterocycles. The van der Waals surface area contributed by atoms with Crippen LogP contribution in [-0.4, -0.2) is 10.2 Å². The maximum Gasteiger partial charge on any atom is 0.127 e. The van der Waals surface area contributed by atoms with Gasteiger partial charge in [0.25, 0.3) is 0 Å². The Balaban J connectivity index is 1.89. The molecule has 0 unspecified atom stereocenters. The molecule has 3 aromatic carbocycles. The molecule has 0 amide bonds. The maximum absolute atomic E-state index is 6.08. The normalized spacial score (nSPS) is 10.6. The van der Waals surface area contributed by atoms with E-state index in [-0.39, 0.29) is 0 Å². The molecule has 0 aromatic heterocycles. The number of rotatable bonds is 4. The van der Waals surface area contributed by atoms with Crippen molar-refractivity contribution in [3.05, 3.63) is 78.4 Å². The number of benzene rings is 3. The molecule has 3 aromatic rings. The second kappa shape index (κ2) is 6.82. The Labute approximate surface area is 138 Å². The highest BCUT2D eigenvalue weighted by Gasteiger charge is 2.07. The second-order valence-electron chi connectivity index (χ2n) is 5.18. The van der Waals surface area contributed by atoms with E-state index in [4.69, 9.17) is 16.3 Å². The molecule has 0 aliphatic carbocycles. The SMILES string of the molecule is [SiH3]c1cccc(CCl)c1-c1ccc(Oc2ccccc2)cc1. The van der Waals surface area contributed by atoms with Gasteiger partial charge in [0.05, 0.1) is 0 Å². The number of hydrogen-bond donors (Lipinski definition) is 0. The van der Waals surface area contributed by atoms with Crippen molar-refractivity contribution in [2.45, 2.75) is 5.88 Å². The van der Waals surface area contributed by atoms with Crippen LogP contribution < -0.4 is 9.92 Å². The van der Waals surface area contributed by atoms with Crippen molar-refractivity contribution in [2.75, 3.05) is 0 Å². The Morgan fingerprint density at radius 3 is 2.14 bits per heavy atom. The van der Waals surface area contributed by atoms with E-state index in [9.17, 15) is 0 Å². The molecule has 0 saturated carbocycles. The highest BCUT2D eigenvalue weighted by atomic mass is 35.5. The van der Waals surface area contributed by atoms with Crippen molar-refractivity contribution in [3.8, 4) is 22.6 Å². The molecule has 0 aliphatic rings. The molecule has 3 heteroatoms. The van der Waals surface area contributed by atoms with E-state index < -0.39 is 0 Å². The second-order valence-corrected chi connectivity index (χ2v) is 6.53. The Morgan fingerprint density at radius 1 is 0.773 bits per heavy atom. The summed E-state index contributed by atoms with van der Waals surface area (Å²) >= 11 is 6.08. The fourth-order valence-electron chi connectivity index (χ4n) is 2.57. The van der Waals surface area contributed by atoms with Crippen molar-refractivity contribution in [1.82, 2.24) is 0 Å². The molecule has 0 fully saturated rings. The minimum atomic E-state index is 0.535. The smallest absolute Gasteiger partial charge is 0.127 e. The topological polar surface area (TPSA) is 9.23 Å². The molecule has 1 nitrogen and oxygen atoms in total. The Bertz CT molecular complexity index is 754. The molecule has 0 N–H and O–H groups in total. The maximum atomic E-state index is 6.08. The van der Waals surface area contributed by atoms with Crippen LogP contribution in [-0.2, 0) is 5.88 Å². The largest absolute Gasteiger partial charge is 0.457 e. The van der Waals surface area contributed by atoms with Gasteiger partial charge in [0.2, 0.25) is 0 Å². The highest BCUT2D eigenvalue weighted by Crippen LogP contribution is 2.27. The predicted molar refractivity (Wildman–Crippen MR) is 97.5 cm³/mol. The third-order valence-corrected chi connectivity index (χ3v) is 4.75. The van der Waals surface area contributed by atoms with Gasteiger partial charge in [0.1, 0.15) is 11.5 Å². The lowest BCUT2D eigenvalue weighted by Gasteiger charge is -2.12. The van der Waals surface area contributed by atoms with Crippen molar-refractivity contribution in [1.29, 1.82) is 0 Å². The van der Waals surface area contributed by atoms with Crippen LogP contribution in [0.5, 0.6) is 11.5 Å². The minimum absolute atomic E-state index is 0.535. The van der Waals surface area contributed by atoms with Crippen LogP contribution in [0.15, 0.2) is 72.8 Å². The number of hydrogen-bond acceptors (Lipinski definition) is 1. The number of ether oxygens (including phenoxy) is 1. The van der Waals surface area contributed by atoms with Crippen LogP contribution in [0.4, 0.5) is 0 Å². The monoisotopic (exact) mass is 324 g/mol. The molecular formula is C19H17ClOSi. The van der Waals surface area contributed by atoms with E-state index in [1.807, 2.05) is 42.5 Å². The summed E-state index contributed by atoms with van der Waals surface area (Å²) in [5.74, 6) is 2.22. The molecule has 0 aliphatic heterocycles. The molecule has 0 saturated heterocycles. The summed E-state index contributed by atoms with van der Waals surface area (Å²) in [7, 11) is 1.00. The first-order chi connectivity index (χ1) is 10.8. The average molecular weight is 325 g/mol. The average Bonchev–Trinajstić information content (AvgIpc) is 2.56. The zero-order valence-electron chi connectivity index (χ0n) is 12.4. The summed E-state index contributed by atoms with van der Waals surface area (Å²) in [6.45, 7) is 0. The van der Waals surface area contributed by atoms with Crippen molar-refractivity contribution >= 4 is 27.0 Å². The van der Waals surface area contributed by atoms with Crippen LogP contribution in [0.25, 0.3) is 11.1 Å². The first-order valence-electron chi connectivity index (χ1n) is 7.26. The Hall–Kier alpha value is -2.03. The lowest BCUT2D eigenvalue weighted by molar-refractivity contribution is 0.483. The molecule has 0 radical (unpaired) electrons. The van der Waals surface area contributed by atoms with Gasteiger partial charge in [-0.3, -0.25) is 0 Å². The van der Waals surface area contributed by atoms with E-state index in [2.05, 4.69) is 30.3 Å². The van der Waals surface area contributed by atoms with Gasteiger partial charge in [-0.25, -0.2) is 0 Å². The summed E-state index contributed by atoms with van der Waals surface area (Å²) in [5, 5.41) is 1.37. The third kappa shape index (κ3) is 3.24. The van der Waals surface area contributed by atoms with Crippen LogP contribution in [0.1, 0.15) is 5.56 Å². The fraction of sp³-hybridized carbons (Fsp3) is 0.0526. The van der Waals surface area contributed by atoms with Gasteiger partial charge in [0, 0.05) is 16.1 Å². The summed E-state index contributed by atoms with van der Waals surface area (Å²) in [5.41, 5.74) is 3.66. The number of para-hydroxylation sites is 1. The first kappa shape index (κ1) is 14.9. The number of alkyl halides is 1. The van der Waals surface area contributed by atoms with Gasteiger partial charge < -0.3 is 4.74 Å². The predicted octanol–water partition coefficient (Wildman–Crippen LogP) is 3.88. The Morgan fingerprint density at radius 2 is 1.45 bits per heavy atom. The molecule has 3 rings (SSSR count). The highest BCUT2D eigenvalue weighted by molar-refractivity contribution is 6.36. The van der Waals surface area contributed by atoms with E-state index in [1.54, 1.807) is 0 Å². The van der Waals surface area contributed by atoms with Gasteiger partial charge in [-0.05, 0) is 41.0 Å². The quantitative estimate of drug-likeness (QED) is 0.523. The van der Waals surface area contributed by atoms with Gasteiger partial charge in [-0.2, -0.15) is 0 Å². The summed E-state index contributed by atoms with van der Waals surface area (Å²) in [6, 6.07) is 24.4. The van der Waals surface area contributed by atoms with Crippen LogP contribution in [0, 0.1) is 0 Å². The summed E-state index contributed by atoms with van der Waals surface area (Å²) < 4.78 is 5.84. The van der Waals surface area contributed by atoms with Crippen LogP contribution >= 0.6 is 11.6 Å². The zero-order valence-corrected chi connectivity index (χ0v) is 15.2. The van der Waals surface area contributed by atoms with E-state index in [0.29, 0.717) is 5.88 Å². The van der Waals surface area contributed by atoms with Gasteiger partial charge in [-0.15, -0.1) is 11.6 Å². The molecule has 0 atom stereocenters. The standard InChI is InChI=1S/C19H17ClOSi/c20-13-15-5-4-8-18(22)19(15)14-9-11-17(12-10-14)21-16-6-2-1-3-7-16/h1-12H,13H2,22H3. The van der Waals surface area contributed by atoms with Gasteiger partial charge in [0.15, 0.2) is 0 Å². The minimum Gasteiger partial charge on any atom is -0.457 e. The molecular weight excluding hydrogens is 308 g/mol.